The molecular weight excluding hydrogens is 296 g/mol. The van der Waals surface area contributed by atoms with Gasteiger partial charge in [-0.2, -0.15) is 0 Å². The fourth-order valence-electron chi connectivity index (χ4n) is 2.92. The first-order valence-electron chi connectivity index (χ1n) is 7.13. The zero-order chi connectivity index (χ0) is 16.0. The van der Waals surface area contributed by atoms with Crippen LogP contribution >= 0.6 is 0 Å². The quantitative estimate of drug-likeness (QED) is 0.856. The van der Waals surface area contributed by atoms with E-state index in [-0.39, 0.29) is 11.5 Å². The third kappa shape index (κ3) is 1.92. The van der Waals surface area contributed by atoms with Crippen LogP contribution < -0.4 is 4.90 Å². The summed E-state index contributed by atoms with van der Waals surface area (Å²) in [5.41, 5.74) is 1.18. The number of anilines is 1. The number of rotatable bonds is 2. The normalized spacial score (nSPS) is 22.8. The van der Waals surface area contributed by atoms with Crippen molar-refractivity contribution in [1.82, 2.24) is 0 Å². The van der Waals surface area contributed by atoms with Gasteiger partial charge >= 0.3 is 0 Å². The number of nitrogens with zero attached hydrogens (tertiary/aromatic N) is 2. The standard InChI is InChI=1S/C17H12N2O4/c20-12-9-5-4-8-11(12)14-13-15(23-18-14)17(22)19(16(13)21)10-6-2-1-3-7-10/h1-9,13,15,20H. The average Bonchev–Trinajstić information content (AvgIpc) is 3.10. The summed E-state index contributed by atoms with van der Waals surface area (Å²) in [7, 11) is 0. The van der Waals surface area contributed by atoms with E-state index in [0.717, 1.165) is 4.90 Å². The monoisotopic (exact) mass is 308 g/mol. The third-order valence-electron chi connectivity index (χ3n) is 4.01. The summed E-state index contributed by atoms with van der Waals surface area (Å²) >= 11 is 0. The van der Waals surface area contributed by atoms with Crippen molar-refractivity contribution >= 4 is 23.2 Å². The predicted octanol–water partition coefficient (Wildman–Crippen LogP) is 1.68. The second-order valence-electron chi connectivity index (χ2n) is 5.34. The van der Waals surface area contributed by atoms with E-state index in [0.29, 0.717) is 11.3 Å². The summed E-state index contributed by atoms with van der Waals surface area (Å²) in [4.78, 5) is 31.6. The third-order valence-corrected chi connectivity index (χ3v) is 4.01. The molecule has 0 aliphatic carbocycles. The fraction of sp³-hybridized carbons (Fsp3) is 0.118. The van der Waals surface area contributed by atoms with Gasteiger partial charge in [-0.3, -0.25) is 9.59 Å². The van der Waals surface area contributed by atoms with E-state index in [1.54, 1.807) is 48.5 Å². The molecule has 2 atom stereocenters. The highest BCUT2D eigenvalue weighted by molar-refractivity contribution is 6.32. The van der Waals surface area contributed by atoms with Gasteiger partial charge in [-0.1, -0.05) is 35.5 Å². The molecule has 0 aromatic heterocycles. The van der Waals surface area contributed by atoms with E-state index in [1.807, 2.05) is 0 Å². The van der Waals surface area contributed by atoms with Gasteiger partial charge in [0.25, 0.3) is 5.91 Å². The summed E-state index contributed by atoms with van der Waals surface area (Å²) < 4.78 is 0. The molecule has 4 rings (SSSR count). The number of oxime groups is 1. The maximum Gasteiger partial charge on any atom is 0.278 e. The fourth-order valence-corrected chi connectivity index (χ4v) is 2.92. The Morgan fingerprint density at radius 3 is 2.39 bits per heavy atom. The number of amides is 2. The predicted molar refractivity (Wildman–Crippen MR) is 81.9 cm³/mol. The summed E-state index contributed by atoms with van der Waals surface area (Å²) in [6.45, 7) is 0. The Balaban J connectivity index is 1.74. The molecule has 0 saturated carbocycles. The van der Waals surface area contributed by atoms with Crippen LogP contribution in [0.5, 0.6) is 5.75 Å². The van der Waals surface area contributed by atoms with E-state index < -0.39 is 23.8 Å². The van der Waals surface area contributed by atoms with Crippen molar-refractivity contribution < 1.29 is 19.5 Å². The summed E-state index contributed by atoms with van der Waals surface area (Å²) in [5.74, 6) is -1.68. The highest BCUT2D eigenvalue weighted by atomic mass is 16.6. The van der Waals surface area contributed by atoms with Crippen LogP contribution in [0.25, 0.3) is 0 Å². The molecule has 0 bridgehead atoms. The van der Waals surface area contributed by atoms with Crippen molar-refractivity contribution in [3.8, 4) is 5.75 Å². The van der Waals surface area contributed by atoms with Crippen LogP contribution in [-0.2, 0) is 14.4 Å². The first-order valence-corrected chi connectivity index (χ1v) is 7.13. The second kappa shape index (κ2) is 4.95. The largest absolute Gasteiger partial charge is 0.507 e. The van der Waals surface area contributed by atoms with Gasteiger partial charge in [0.15, 0.2) is 0 Å². The van der Waals surface area contributed by atoms with Crippen LogP contribution in [0.4, 0.5) is 5.69 Å². The summed E-state index contributed by atoms with van der Waals surface area (Å²) in [6, 6.07) is 15.2. The van der Waals surface area contributed by atoms with Crippen molar-refractivity contribution in [1.29, 1.82) is 0 Å². The highest BCUT2D eigenvalue weighted by Crippen LogP contribution is 2.36. The van der Waals surface area contributed by atoms with Crippen LogP contribution in [-0.4, -0.2) is 28.7 Å². The van der Waals surface area contributed by atoms with Gasteiger partial charge in [0.05, 0.1) is 5.69 Å². The molecule has 2 aromatic carbocycles. The molecule has 1 fully saturated rings. The molecule has 6 nitrogen and oxygen atoms in total. The average molecular weight is 308 g/mol. The smallest absolute Gasteiger partial charge is 0.278 e. The minimum atomic E-state index is -0.975. The van der Waals surface area contributed by atoms with E-state index in [4.69, 9.17) is 4.84 Å². The lowest BCUT2D eigenvalue weighted by molar-refractivity contribution is -0.126. The van der Waals surface area contributed by atoms with Crippen molar-refractivity contribution in [2.24, 2.45) is 11.1 Å². The molecule has 114 valence electrons. The molecule has 0 spiro atoms. The van der Waals surface area contributed by atoms with E-state index in [1.165, 1.54) is 6.07 Å². The maximum atomic E-state index is 12.8. The number of phenolic OH excluding ortho intramolecular Hbond substituents is 1. The van der Waals surface area contributed by atoms with Crippen LogP contribution in [0.2, 0.25) is 0 Å². The van der Waals surface area contributed by atoms with Gasteiger partial charge in [0.2, 0.25) is 12.0 Å². The first-order chi connectivity index (χ1) is 11.2. The molecule has 2 aliphatic heterocycles. The van der Waals surface area contributed by atoms with Gasteiger partial charge in [0.1, 0.15) is 17.4 Å². The number of para-hydroxylation sites is 2. The molecule has 2 unspecified atom stereocenters. The number of aromatic hydroxyl groups is 1. The van der Waals surface area contributed by atoms with Gasteiger partial charge in [0, 0.05) is 5.56 Å². The molecule has 2 aliphatic rings. The Bertz CT molecular complexity index is 831. The first kappa shape index (κ1) is 13.5. The molecule has 1 N–H and O–H groups in total. The Labute approximate surface area is 131 Å². The van der Waals surface area contributed by atoms with Gasteiger partial charge in [-0.05, 0) is 24.3 Å². The minimum Gasteiger partial charge on any atom is -0.507 e. The van der Waals surface area contributed by atoms with Crippen molar-refractivity contribution in [3.05, 3.63) is 60.2 Å². The number of carbonyl (C=O) groups excluding carboxylic acids is 2. The number of phenols is 1. The lowest BCUT2D eigenvalue weighted by atomic mass is 9.93. The Morgan fingerprint density at radius 2 is 1.65 bits per heavy atom. The Kier molecular flexibility index (Phi) is 2.90. The number of hydrogen-bond acceptors (Lipinski definition) is 5. The molecule has 1 saturated heterocycles. The topological polar surface area (TPSA) is 79.2 Å². The van der Waals surface area contributed by atoms with Crippen molar-refractivity contribution in [3.63, 3.8) is 0 Å². The molecule has 2 heterocycles. The SMILES string of the molecule is O=C1C2ON=C(c3ccccc3O)C2C(=O)N1c1ccccc1. The molecule has 23 heavy (non-hydrogen) atoms. The van der Waals surface area contributed by atoms with Gasteiger partial charge in [-0.15, -0.1) is 0 Å². The molecule has 6 heteroatoms. The summed E-state index contributed by atoms with van der Waals surface area (Å²) in [6.07, 6.45) is -0.975. The van der Waals surface area contributed by atoms with Gasteiger partial charge < -0.3 is 9.94 Å². The highest BCUT2D eigenvalue weighted by Gasteiger charge is 2.56. The van der Waals surface area contributed by atoms with Crippen LogP contribution in [0.1, 0.15) is 5.56 Å². The number of imide groups is 1. The van der Waals surface area contributed by atoms with Crippen molar-refractivity contribution in [2.75, 3.05) is 4.90 Å². The lowest BCUT2D eigenvalue weighted by Gasteiger charge is -2.15. The number of benzene rings is 2. The van der Waals surface area contributed by atoms with Crippen LogP contribution in [0.15, 0.2) is 59.8 Å². The van der Waals surface area contributed by atoms with Crippen molar-refractivity contribution in [2.45, 2.75) is 6.10 Å². The zero-order valence-electron chi connectivity index (χ0n) is 11.9. The second-order valence-corrected chi connectivity index (χ2v) is 5.34. The number of hydrogen-bond donors (Lipinski definition) is 1. The zero-order valence-corrected chi connectivity index (χ0v) is 11.9. The van der Waals surface area contributed by atoms with Crippen LogP contribution in [0, 0.1) is 5.92 Å². The van der Waals surface area contributed by atoms with E-state index >= 15 is 0 Å². The van der Waals surface area contributed by atoms with E-state index in [2.05, 4.69) is 5.16 Å². The Hall–Kier alpha value is -3.15. The molecule has 0 radical (unpaired) electrons. The Morgan fingerprint density at radius 1 is 0.957 bits per heavy atom. The van der Waals surface area contributed by atoms with E-state index in [9.17, 15) is 14.7 Å². The molecular formula is C17H12N2O4. The molecule has 2 amide bonds. The molecule has 2 aromatic rings. The van der Waals surface area contributed by atoms with Gasteiger partial charge in [-0.25, -0.2) is 4.90 Å². The van der Waals surface area contributed by atoms with Crippen LogP contribution in [0.3, 0.4) is 0 Å². The maximum absolute atomic E-state index is 12.8. The number of carbonyl (C=O) groups is 2. The number of fused-ring (bicyclic) bond motifs is 1. The minimum absolute atomic E-state index is 0.00564. The summed E-state index contributed by atoms with van der Waals surface area (Å²) in [5, 5.41) is 13.8. The lowest BCUT2D eigenvalue weighted by Crippen LogP contribution is -2.33.